The minimum absolute atomic E-state index is 0.0291. The first-order valence-electron chi connectivity index (χ1n) is 10.9. The number of cyclic esters (lactones) is 1. The van der Waals surface area contributed by atoms with E-state index in [1.807, 2.05) is 39.0 Å². The third kappa shape index (κ3) is 8.45. The molecule has 0 spiro atoms. The van der Waals surface area contributed by atoms with Crippen LogP contribution in [0.3, 0.4) is 0 Å². The quantitative estimate of drug-likeness (QED) is 0.270. The highest BCUT2D eigenvalue weighted by atomic mass is 16.7. The zero-order valence-electron chi connectivity index (χ0n) is 19.1. The molecule has 0 unspecified atom stereocenters. The van der Waals surface area contributed by atoms with Gasteiger partial charge in [-0.25, -0.2) is 4.79 Å². The van der Waals surface area contributed by atoms with Crippen LogP contribution in [0.2, 0.25) is 0 Å². The standard InChI is InChI=1S/C24H34N2O6/c1-4-28-15-30-21-13-18-12-20(26)11-7-10-19(25)9-6-8-17(3)32-24(27)23(18)22(14-21)31-16-29-5-2/h6-7,9,11,13-14,17,19,26H,4-5,8,10,12,15-16,25H2,1-3H3/b9-6+,11-7+,26-20?/t17-,19+/m1/s1. The number of rotatable bonds is 8. The lowest BCUT2D eigenvalue weighted by atomic mass is 9.99. The maximum Gasteiger partial charge on any atom is 0.342 e. The Kier molecular flexibility index (Phi) is 10.9. The summed E-state index contributed by atoms with van der Waals surface area (Å²) < 4.78 is 27.7. The average molecular weight is 447 g/mol. The molecule has 0 amide bonds. The monoisotopic (exact) mass is 446 g/mol. The largest absolute Gasteiger partial charge is 0.467 e. The molecule has 176 valence electrons. The maximum atomic E-state index is 13.1. The van der Waals surface area contributed by atoms with Gasteiger partial charge in [0.15, 0.2) is 13.6 Å². The minimum atomic E-state index is -0.526. The van der Waals surface area contributed by atoms with Crippen molar-refractivity contribution in [2.24, 2.45) is 5.73 Å². The van der Waals surface area contributed by atoms with Crippen LogP contribution in [-0.2, 0) is 20.6 Å². The Balaban J connectivity index is 2.46. The molecule has 0 saturated heterocycles. The zero-order valence-corrected chi connectivity index (χ0v) is 19.1. The van der Waals surface area contributed by atoms with E-state index in [0.29, 0.717) is 43.1 Å². The second-order valence-corrected chi connectivity index (χ2v) is 7.35. The number of benzene rings is 1. The minimum Gasteiger partial charge on any atom is -0.467 e. The number of carbonyl (C=O) groups excluding carboxylic acids is 1. The van der Waals surface area contributed by atoms with Crippen molar-refractivity contribution in [2.45, 2.75) is 52.2 Å². The molecule has 0 fully saturated rings. The number of hydrogen-bond donors (Lipinski definition) is 2. The summed E-state index contributed by atoms with van der Waals surface area (Å²) in [6.45, 7) is 6.55. The molecule has 2 rings (SSSR count). The molecule has 1 aliphatic rings. The summed E-state index contributed by atoms with van der Waals surface area (Å²) in [7, 11) is 0. The Morgan fingerprint density at radius 2 is 1.81 bits per heavy atom. The number of nitrogens with two attached hydrogens (primary N) is 1. The SMILES string of the molecule is CCOCOc1cc2c(c(OCOCC)c1)C(=O)O[C@H](C)C/C=C/[C@H](N)C/C=C/C(=N)C2. The van der Waals surface area contributed by atoms with E-state index in [-0.39, 0.29) is 43.5 Å². The number of ether oxygens (including phenoxy) is 5. The summed E-state index contributed by atoms with van der Waals surface area (Å²) in [6, 6.07) is 3.17. The molecule has 1 aromatic carbocycles. The molecule has 0 bridgehead atoms. The van der Waals surface area contributed by atoms with Gasteiger partial charge in [0.05, 0.1) is 0 Å². The fourth-order valence-electron chi connectivity index (χ4n) is 3.04. The molecule has 32 heavy (non-hydrogen) atoms. The van der Waals surface area contributed by atoms with Crippen LogP contribution in [0, 0.1) is 5.41 Å². The van der Waals surface area contributed by atoms with Gasteiger partial charge < -0.3 is 34.8 Å². The molecule has 3 N–H and O–H groups in total. The lowest BCUT2D eigenvalue weighted by Crippen LogP contribution is -2.20. The average Bonchev–Trinajstić information content (AvgIpc) is 2.73. The molecule has 0 saturated carbocycles. The Labute approximate surface area is 189 Å². The van der Waals surface area contributed by atoms with Gasteiger partial charge in [0.2, 0.25) is 0 Å². The molecule has 8 nitrogen and oxygen atoms in total. The first-order valence-corrected chi connectivity index (χ1v) is 10.9. The number of hydrogen-bond acceptors (Lipinski definition) is 8. The van der Waals surface area contributed by atoms with Crippen molar-refractivity contribution in [3.05, 3.63) is 47.6 Å². The van der Waals surface area contributed by atoms with Crippen molar-refractivity contribution in [2.75, 3.05) is 26.8 Å². The molecular weight excluding hydrogens is 412 g/mol. The Morgan fingerprint density at radius 3 is 2.53 bits per heavy atom. The summed E-state index contributed by atoms with van der Waals surface area (Å²) in [6.07, 6.45) is 8.35. The van der Waals surface area contributed by atoms with E-state index < -0.39 is 5.97 Å². The molecule has 0 aliphatic carbocycles. The van der Waals surface area contributed by atoms with E-state index in [2.05, 4.69) is 0 Å². The Hall–Kier alpha value is -2.68. The fraction of sp³-hybridized carbons (Fsp3) is 0.500. The van der Waals surface area contributed by atoms with Gasteiger partial charge in [-0.05, 0) is 44.9 Å². The van der Waals surface area contributed by atoms with E-state index in [1.54, 1.807) is 18.2 Å². The summed E-state index contributed by atoms with van der Waals surface area (Å²) >= 11 is 0. The number of allylic oxidation sites excluding steroid dienone is 1. The van der Waals surface area contributed by atoms with Gasteiger partial charge in [0, 0.05) is 43.9 Å². The van der Waals surface area contributed by atoms with E-state index >= 15 is 0 Å². The van der Waals surface area contributed by atoms with E-state index in [9.17, 15) is 4.79 Å². The van der Waals surface area contributed by atoms with Crippen LogP contribution in [0.1, 0.15) is 49.5 Å². The molecule has 1 aromatic rings. The van der Waals surface area contributed by atoms with Crippen LogP contribution in [0.5, 0.6) is 11.5 Å². The second-order valence-electron chi connectivity index (χ2n) is 7.35. The molecule has 0 aromatic heterocycles. The highest BCUT2D eigenvalue weighted by Crippen LogP contribution is 2.31. The van der Waals surface area contributed by atoms with Crippen LogP contribution >= 0.6 is 0 Å². The summed E-state index contributed by atoms with van der Waals surface area (Å²) in [5.41, 5.74) is 7.20. The third-order valence-electron chi connectivity index (χ3n) is 4.64. The van der Waals surface area contributed by atoms with E-state index in [4.69, 9.17) is 34.8 Å². The van der Waals surface area contributed by atoms with Crippen molar-refractivity contribution < 1.29 is 28.5 Å². The summed E-state index contributed by atoms with van der Waals surface area (Å²) in [4.78, 5) is 13.1. The van der Waals surface area contributed by atoms with Gasteiger partial charge in [0.25, 0.3) is 0 Å². The Morgan fingerprint density at radius 1 is 1.09 bits per heavy atom. The van der Waals surface area contributed by atoms with E-state index in [1.165, 1.54) is 0 Å². The topological polar surface area (TPSA) is 113 Å². The summed E-state index contributed by atoms with van der Waals surface area (Å²) in [5.74, 6) is 0.218. The zero-order chi connectivity index (χ0) is 23.3. The maximum absolute atomic E-state index is 13.1. The van der Waals surface area contributed by atoms with Crippen molar-refractivity contribution >= 4 is 11.7 Å². The van der Waals surface area contributed by atoms with Gasteiger partial charge >= 0.3 is 5.97 Å². The third-order valence-corrected chi connectivity index (χ3v) is 4.64. The van der Waals surface area contributed by atoms with Gasteiger partial charge in [-0.15, -0.1) is 0 Å². The Bertz CT molecular complexity index is 821. The van der Waals surface area contributed by atoms with Crippen LogP contribution in [0.4, 0.5) is 0 Å². The van der Waals surface area contributed by atoms with E-state index in [0.717, 1.165) is 0 Å². The lowest BCUT2D eigenvalue weighted by Gasteiger charge is -2.19. The van der Waals surface area contributed by atoms with Crippen LogP contribution in [0.25, 0.3) is 0 Å². The van der Waals surface area contributed by atoms with Crippen molar-refractivity contribution in [3.63, 3.8) is 0 Å². The number of nitrogens with one attached hydrogen (secondary N) is 1. The molecule has 2 atom stereocenters. The molecule has 1 heterocycles. The number of esters is 1. The normalized spacial score (nSPS) is 21.8. The number of carbonyl (C=O) groups is 1. The highest BCUT2D eigenvalue weighted by Gasteiger charge is 2.24. The van der Waals surface area contributed by atoms with Gasteiger partial charge in [-0.2, -0.15) is 0 Å². The first-order chi connectivity index (χ1) is 15.4. The molecule has 1 aliphatic heterocycles. The molecule has 0 radical (unpaired) electrons. The first kappa shape index (κ1) is 25.6. The van der Waals surface area contributed by atoms with Crippen molar-refractivity contribution in [1.82, 2.24) is 0 Å². The number of fused-ring (bicyclic) bond motifs is 1. The molecular formula is C24H34N2O6. The van der Waals surface area contributed by atoms with Gasteiger partial charge in [0.1, 0.15) is 23.2 Å². The van der Waals surface area contributed by atoms with Crippen molar-refractivity contribution in [1.29, 1.82) is 5.41 Å². The van der Waals surface area contributed by atoms with Crippen LogP contribution in [-0.4, -0.2) is 50.6 Å². The van der Waals surface area contributed by atoms with Gasteiger partial charge in [-0.1, -0.05) is 18.2 Å². The predicted octanol–water partition coefficient (Wildman–Crippen LogP) is 3.77. The second kappa shape index (κ2) is 13.7. The van der Waals surface area contributed by atoms with Crippen molar-refractivity contribution in [3.8, 4) is 11.5 Å². The van der Waals surface area contributed by atoms with Gasteiger partial charge in [-0.3, -0.25) is 0 Å². The van der Waals surface area contributed by atoms with Crippen LogP contribution < -0.4 is 15.2 Å². The summed E-state index contributed by atoms with van der Waals surface area (Å²) in [5, 5.41) is 8.37. The fourth-order valence-corrected chi connectivity index (χ4v) is 3.04. The lowest BCUT2D eigenvalue weighted by molar-refractivity contribution is 0.0161. The highest BCUT2D eigenvalue weighted by molar-refractivity contribution is 5.99. The van der Waals surface area contributed by atoms with Crippen LogP contribution in [0.15, 0.2) is 36.4 Å². The smallest absolute Gasteiger partial charge is 0.342 e. The molecule has 8 heteroatoms. The predicted molar refractivity (Wildman–Crippen MR) is 122 cm³/mol.